The maximum Gasteiger partial charge on any atom is 0.272 e. The van der Waals surface area contributed by atoms with Crippen molar-refractivity contribution in [1.29, 1.82) is 5.26 Å². The highest BCUT2D eigenvalue weighted by atomic mass is 19.1. The van der Waals surface area contributed by atoms with Gasteiger partial charge in [0.1, 0.15) is 5.54 Å². The minimum Gasteiger partial charge on any atom is -0.490 e. The lowest BCUT2D eigenvalue weighted by Crippen LogP contribution is -2.42. The molecule has 1 fully saturated rings. The highest BCUT2D eigenvalue weighted by Gasteiger charge is 2.39. The zero-order valence-corrected chi connectivity index (χ0v) is 11.4. The summed E-state index contributed by atoms with van der Waals surface area (Å²) in [5.74, 6) is -0.767. The zero-order valence-electron chi connectivity index (χ0n) is 11.4. The molecule has 7 heteroatoms. The standard InChI is InChI=1S/C14H16FN3O3/c15-12-8-11(18(19)20)3-4-13(12)21-7-5-10-2-1-6-14(10,17)9-16/h3-4,8,10H,1-2,5-7,17H2. The van der Waals surface area contributed by atoms with Crippen molar-refractivity contribution in [3.63, 3.8) is 0 Å². The van der Waals surface area contributed by atoms with E-state index in [0.29, 0.717) is 12.8 Å². The van der Waals surface area contributed by atoms with E-state index in [1.54, 1.807) is 0 Å². The summed E-state index contributed by atoms with van der Waals surface area (Å²) in [4.78, 5) is 9.85. The van der Waals surface area contributed by atoms with E-state index in [1.165, 1.54) is 12.1 Å². The Morgan fingerprint density at radius 1 is 1.62 bits per heavy atom. The number of hydrogen-bond acceptors (Lipinski definition) is 5. The number of ether oxygens (including phenoxy) is 1. The lowest BCUT2D eigenvalue weighted by atomic mass is 9.87. The number of nitrogens with two attached hydrogens (primary N) is 1. The molecule has 1 aromatic carbocycles. The Labute approximate surface area is 121 Å². The molecule has 112 valence electrons. The first kappa shape index (κ1) is 15.2. The van der Waals surface area contributed by atoms with Crippen LogP contribution in [0.5, 0.6) is 5.75 Å². The molecule has 2 atom stereocenters. The molecule has 2 N–H and O–H groups in total. The van der Waals surface area contributed by atoms with Crippen LogP contribution in [0.4, 0.5) is 10.1 Å². The summed E-state index contributed by atoms with van der Waals surface area (Å²) in [5, 5.41) is 19.6. The number of non-ortho nitro benzene ring substituents is 1. The Bertz CT molecular complexity index is 587. The van der Waals surface area contributed by atoms with Crippen LogP contribution >= 0.6 is 0 Å². The Hall–Kier alpha value is -2.20. The van der Waals surface area contributed by atoms with Crippen LogP contribution in [0.2, 0.25) is 0 Å². The van der Waals surface area contributed by atoms with Gasteiger partial charge in [0.25, 0.3) is 5.69 Å². The summed E-state index contributed by atoms with van der Waals surface area (Å²) < 4.78 is 18.9. The van der Waals surface area contributed by atoms with E-state index in [0.717, 1.165) is 18.9 Å². The molecule has 1 aromatic rings. The number of nitro benzene ring substituents is 1. The summed E-state index contributed by atoms with van der Waals surface area (Å²) in [7, 11) is 0. The van der Waals surface area contributed by atoms with Crippen molar-refractivity contribution in [3.8, 4) is 11.8 Å². The Kier molecular flexibility index (Phi) is 4.38. The number of nitro groups is 1. The third kappa shape index (κ3) is 3.28. The first-order chi connectivity index (χ1) is 9.96. The average Bonchev–Trinajstić information content (AvgIpc) is 2.82. The SMILES string of the molecule is N#CC1(N)CCCC1CCOc1ccc([N+](=O)[O-])cc1F. The van der Waals surface area contributed by atoms with E-state index in [4.69, 9.17) is 15.7 Å². The van der Waals surface area contributed by atoms with Crippen LogP contribution in [0.25, 0.3) is 0 Å². The van der Waals surface area contributed by atoms with Gasteiger partial charge in [-0.15, -0.1) is 0 Å². The van der Waals surface area contributed by atoms with E-state index in [9.17, 15) is 14.5 Å². The van der Waals surface area contributed by atoms with Crippen LogP contribution in [0.15, 0.2) is 18.2 Å². The molecule has 2 unspecified atom stereocenters. The lowest BCUT2D eigenvalue weighted by Gasteiger charge is -2.23. The second-order valence-corrected chi connectivity index (χ2v) is 5.25. The van der Waals surface area contributed by atoms with Gasteiger partial charge in [-0.05, 0) is 31.2 Å². The third-order valence-electron chi connectivity index (χ3n) is 3.93. The number of benzene rings is 1. The summed E-state index contributed by atoms with van der Waals surface area (Å²) in [6.45, 7) is 0.222. The van der Waals surface area contributed by atoms with Gasteiger partial charge in [0.2, 0.25) is 0 Å². The van der Waals surface area contributed by atoms with Gasteiger partial charge in [0, 0.05) is 6.07 Å². The molecule has 0 spiro atoms. The van der Waals surface area contributed by atoms with Crippen molar-refractivity contribution >= 4 is 5.69 Å². The second kappa shape index (κ2) is 6.06. The van der Waals surface area contributed by atoms with Crippen molar-refractivity contribution in [2.75, 3.05) is 6.61 Å². The smallest absolute Gasteiger partial charge is 0.272 e. The Morgan fingerprint density at radius 3 is 3.00 bits per heavy atom. The number of nitriles is 1. The lowest BCUT2D eigenvalue weighted by molar-refractivity contribution is -0.385. The molecule has 0 radical (unpaired) electrons. The molecule has 0 bridgehead atoms. The van der Waals surface area contributed by atoms with E-state index in [-0.39, 0.29) is 24.0 Å². The number of rotatable bonds is 5. The third-order valence-corrected chi connectivity index (χ3v) is 3.93. The maximum absolute atomic E-state index is 13.6. The van der Waals surface area contributed by atoms with Gasteiger partial charge in [0.05, 0.1) is 23.7 Å². The molecule has 0 amide bonds. The summed E-state index contributed by atoms with van der Waals surface area (Å²) in [6, 6.07) is 5.40. The highest BCUT2D eigenvalue weighted by molar-refractivity contribution is 5.37. The molecule has 0 heterocycles. The molecular formula is C14H16FN3O3. The zero-order chi connectivity index (χ0) is 15.5. The van der Waals surface area contributed by atoms with Crippen molar-refractivity contribution in [3.05, 3.63) is 34.1 Å². The van der Waals surface area contributed by atoms with Crippen molar-refractivity contribution in [2.24, 2.45) is 11.7 Å². The van der Waals surface area contributed by atoms with E-state index >= 15 is 0 Å². The fraction of sp³-hybridized carbons (Fsp3) is 0.500. The van der Waals surface area contributed by atoms with Crippen LogP contribution in [0.1, 0.15) is 25.7 Å². The van der Waals surface area contributed by atoms with E-state index in [1.807, 2.05) is 0 Å². The summed E-state index contributed by atoms with van der Waals surface area (Å²) in [5.41, 5.74) is 4.86. The molecule has 1 aliphatic carbocycles. The minimum absolute atomic E-state index is 0.0295. The van der Waals surface area contributed by atoms with Gasteiger partial charge in [0.15, 0.2) is 11.6 Å². The van der Waals surface area contributed by atoms with Gasteiger partial charge in [-0.3, -0.25) is 10.1 Å². The maximum atomic E-state index is 13.6. The van der Waals surface area contributed by atoms with Gasteiger partial charge in [-0.25, -0.2) is 4.39 Å². The normalized spacial score (nSPS) is 24.5. The van der Waals surface area contributed by atoms with Crippen LogP contribution in [-0.2, 0) is 0 Å². The van der Waals surface area contributed by atoms with Crippen LogP contribution in [0, 0.1) is 33.2 Å². The Morgan fingerprint density at radius 2 is 2.38 bits per heavy atom. The average molecular weight is 293 g/mol. The molecule has 0 aromatic heterocycles. The molecule has 1 saturated carbocycles. The first-order valence-electron chi connectivity index (χ1n) is 6.73. The van der Waals surface area contributed by atoms with Crippen LogP contribution in [-0.4, -0.2) is 17.1 Å². The molecular weight excluding hydrogens is 277 g/mol. The van der Waals surface area contributed by atoms with Crippen molar-refractivity contribution in [2.45, 2.75) is 31.2 Å². The largest absolute Gasteiger partial charge is 0.490 e. The quantitative estimate of drug-likeness (QED) is 0.663. The summed E-state index contributed by atoms with van der Waals surface area (Å²) >= 11 is 0. The highest BCUT2D eigenvalue weighted by Crippen LogP contribution is 2.35. The first-order valence-corrected chi connectivity index (χ1v) is 6.73. The monoisotopic (exact) mass is 293 g/mol. The van der Waals surface area contributed by atoms with Gasteiger partial charge >= 0.3 is 0 Å². The number of halogens is 1. The van der Waals surface area contributed by atoms with E-state index in [2.05, 4.69) is 6.07 Å². The van der Waals surface area contributed by atoms with Gasteiger partial charge in [-0.2, -0.15) is 5.26 Å². The molecule has 1 aliphatic rings. The molecule has 0 aliphatic heterocycles. The fourth-order valence-electron chi connectivity index (χ4n) is 2.68. The molecule has 0 saturated heterocycles. The fourth-order valence-corrected chi connectivity index (χ4v) is 2.68. The van der Waals surface area contributed by atoms with Crippen molar-refractivity contribution < 1.29 is 14.1 Å². The van der Waals surface area contributed by atoms with Gasteiger partial charge < -0.3 is 10.5 Å². The topological polar surface area (TPSA) is 102 Å². The second-order valence-electron chi connectivity index (χ2n) is 5.25. The van der Waals surface area contributed by atoms with Gasteiger partial charge in [-0.1, -0.05) is 6.42 Å². The Balaban J connectivity index is 1.92. The van der Waals surface area contributed by atoms with Crippen LogP contribution < -0.4 is 10.5 Å². The minimum atomic E-state index is -0.822. The summed E-state index contributed by atoms with van der Waals surface area (Å²) in [6.07, 6.45) is 2.98. The molecule has 2 rings (SSSR count). The predicted molar refractivity (Wildman–Crippen MR) is 73.0 cm³/mol. The van der Waals surface area contributed by atoms with E-state index < -0.39 is 16.3 Å². The molecule has 21 heavy (non-hydrogen) atoms. The number of nitrogens with zero attached hydrogens (tertiary/aromatic N) is 2. The van der Waals surface area contributed by atoms with Crippen molar-refractivity contribution in [1.82, 2.24) is 0 Å². The number of hydrogen-bond donors (Lipinski definition) is 1. The predicted octanol–water partition coefficient (Wildman–Crippen LogP) is 2.52. The van der Waals surface area contributed by atoms with Crippen LogP contribution in [0.3, 0.4) is 0 Å². The molecule has 6 nitrogen and oxygen atoms in total.